The molecule has 0 heterocycles. The monoisotopic (exact) mass is 600 g/mol. The van der Waals surface area contributed by atoms with E-state index in [9.17, 15) is 24.9 Å². The Kier molecular flexibility index (Phi) is 28.2. The smallest absolute Gasteiger partial charge is 0.181 e. The number of carbonyl (C=O) groups is 2. The molecular weight excluding hydrogens is 531 g/mol. The van der Waals surface area contributed by atoms with Crippen molar-refractivity contribution < 1.29 is 24.9 Å². The van der Waals surface area contributed by atoms with E-state index in [0.29, 0.717) is 12.8 Å². The Bertz CT molecular complexity index is 609. The highest BCUT2D eigenvalue weighted by Crippen LogP contribution is 2.29. The third-order valence-corrected chi connectivity index (χ3v) is 9.32. The Labute approximate surface area is 256 Å². The van der Waals surface area contributed by atoms with Crippen molar-refractivity contribution in [2.45, 2.75) is 199 Å². The Balaban J connectivity index is 4.29. The van der Waals surface area contributed by atoms with Gasteiger partial charge in [-0.25, -0.2) is 0 Å². The van der Waals surface area contributed by atoms with Gasteiger partial charge < -0.3 is 15.3 Å². The number of unbranched alkanes of at least 4 members (excludes halogenated alkanes) is 23. The van der Waals surface area contributed by atoms with Gasteiger partial charge in [0.15, 0.2) is 11.1 Å². The van der Waals surface area contributed by atoms with Crippen molar-refractivity contribution in [1.82, 2.24) is 0 Å². The lowest BCUT2D eigenvalue weighted by atomic mass is 9.85. The Morgan fingerprint density at radius 1 is 0.585 bits per heavy atom. The van der Waals surface area contributed by atoms with E-state index in [4.69, 9.17) is 0 Å². The first-order chi connectivity index (χ1) is 19.8. The van der Waals surface area contributed by atoms with E-state index < -0.39 is 29.8 Å². The number of Topliss-reactive ketones (excluding diaryl/α,β-unsaturated/α-hetero) is 2. The van der Waals surface area contributed by atoms with Crippen LogP contribution in [0.1, 0.15) is 187 Å². The van der Waals surface area contributed by atoms with Crippen molar-refractivity contribution in [3.05, 3.63) is 0 Å². The van der Waals surface area contributed by atoms with Gasteiger partial charge in [-0.15, -0.1) is 0 Å². The van der Waals surface area contributed by atoms with Crippen molar-refractivity contribution in [1.29, 1.82) is 0 Å². The average molecular weight is 601 g/mol. The van der Waals surface area contributed by atoms with Gasteiger partial charge in [-0.3, -0.25) is 9.59 Å². The number of ketones is 2. The maximum absolute atomic E-state index is 13.1. The molecule has 41 heavy (non-hydrogen) atoms. The highest BCUT2D eigenvalue weighted by molar-refractivity contribution is 7.20. The fraction of sp³-hybridized carbons (Fsp3) is 0.943. The Morgan fingerprint density at radius 3 is 1.24 bits per heavy atom. The lowest BCUT2D eigenvalue weighted by Crippen LogP contribution is -2.50. The minimum absolute atomic E-state index is 0.133. The van der Waals surface area contributed by atoms with Crippen molar-refractivity contribution in [2.24, 2.45) is 5.92 Å². The molecule has 0 rings (SSSR count). The van der Waals surface area contributed by atoms with Crippen LogP contribution in [0.3, 0.4) is 0 Å². The normalized spacial score (nSPS) is 14.6. The fourth-order valence-electron chi connectivity index (χ4n) is 5.70. The van der Waals surface area contributed by atoms with Gasteiger partial charge in [0.25, 0.3) is 0 Å². The summed E-state index contributed by atoms with van der Waals surface area (Å²) >= 11 is 0. The molecule has 0 bridgehead atoms. The van der Waals surface area contributed by atoms with Crippen molar-refractivity contribution in [3.63, 3.8) is 0 Å². The van der Waals surface area contributed by atoms with E-state index in [-0.39, 0.29) is 5.78 Å². The van der Waals surface area contributed by atoms with Gasteiger partial charge in [-0.2, -0.15) is 0 Å². The SMILES string of the molecule is CCCCCCCCCCCCCCCCC(C(=O)CCCCCCCCCCCCC)C(=O)C(O)(P)C(O)CO. The molecule has 5 nitrogen and oxygen atoms in total. The van der Waals surface area contributed by atoms with Gasteiger partial charge in [-0.05, 0) is 12.8 Å². The predicted molar refractivity (Wildman–Crippen MR) is 177 cm³/mol. The highest BCUT2D eigenvalue weighted by Gasteiger charge is 2.43. The molecule has 4 unspecified atom stereocenters. The molecule has 6 heteroatoms. The highest BCUT2D eigenvalue weighted by atomic mass is 31.0. The van der Waals surface area contributed by atoms with Gasteiger partial charge in [0, 0.05) is 6.42 Å². The van der Waals surface area contributed by atoms with E-state index >= 15 is 0 Å². The molecule has 0 saturated carbocycles. The zero-order valence-corrected chi connectivity index (χ0v) is 28.3. The molecule has 0 saturated heterocycles. The van der Waals surface area contributed by atoms with Crippen LogP contribution >= 0.6 is 9.24 Å². The average Bonchev–Trinajstić information content (AvgIpc) is 2.97. The third-order valence-electron chi connectivity index (χ3n) is 8.65. The first-order valence-corrected chi connectivity index (χ1v) is 18.3. The first-order valence-electron chi connectivity index (χ1n) is 17.7. The molecule has 4 atom stereocenters. The summed E-state index contributed by atoms with van der Waals surface area (Å²) in [7, 11) is 1.97. The summed E-state index contributed by atoms with van der Waals surface area (Å²) in [6.07, 6.45) is 29.7. The maximum atomic E-state index is 13.1. The number of rotatable bonds is 32. The molecule has 0 aromatic rings. The van der Waals surface area contributed by atoms with E-state index in [1.807, 2.05) is 9.24 Å². The van der Waals surface area contributed by atoms with E-state index in [2.05, 4.69) is 13.8 Å². The molecule has 0 aliphatic rings. The second kappa shape index (κ2) is 28.4. The summed E-state index contributed by atoms with van der Waals surface area (Å²) in [5.74, 6) is -1.72. The molecular formula is C35H69O5P. The van der Waals surface area contributed by atoms with Gasteiger partial charge in [0.2, 0.25) is 0 Å². The molecule has 0 fully saturated rings. The summed E-state index contributed by atoms with van der Waals surface area (Å²) < 4.78 is 0. The molecule has 0 amide bonds. The number of aliphatic hydroxyl groups excluding tert-OH is 2. The van der Waals surface area contributed by atoms with E-state index in [0.717, 1.165) is 38.5 Å². The van der Waals surface area contributed by atoms with E-state index in [1.165, 1.54) is 122 Å². The molecule has 0 aliphatic heterocycles. The minimum atomic E-state index is -2.19. The summed E-state index contributed by atoms with van der Waals surface area (Å²) in [6.45, 7) is 3.76. The van der Waals surface area contributed by atoms with Crippen LogP contribution in [-0.2, 0) is 9.59 Å². The van der Waals surface area contributed by atoms with Gasteiger partial charge in [0.1, 0.15) is 11.9 Å². The van der Waals surface area contributed by atoms with Crippen LogP contribution in [0.5, 0.6) is 0 Å². The summed E-state index contributed by atoms with van der Waals surface area (Å²) in [6, 6.07) is 0. The molecule has 0 spiro atoms. The third kappa shape index (κ3) is 21.9. The van der Waals surface area contributed by atoms with Gasteiger partial charge in [0.05, 0.1) is 12.5 Å². The Morgan fingerprint density at radius 2 is 0.902 bits per heavy atom. The number of hydrogen-bond donors (Lipinski definition) is 3. The van der Waals surface area contributed by atoms with Crippen molar-refractivity contribution in [3.8, 4) is 0 Å². The van der Waals surface area contributed by atoms with Crippen LogP contribution < -0.4 is 0 Å². The largest absolute Gasteiger partial charge is 0.394 e. The lowest BCUT2D eigenvalue weighted by molar-refractivity contribution is -0.147. The number of carbonyl (C=O) groups excluding carboxylic acids is 2. The Hall–Kier alpha value is -0.350. The molecule has 0 aromatic heterocycles. The van der Waals surface area contributed by atoms with Crippen LogP contribution in [0.2, 0.25) is 0 Å². The van der Waals surface area contributed by atoms with Crippen LogP contribution in [-0.4, -0.2) is 44.9 Å². The second-order valence-electron chi connectivity index (χ2n) is 12.6. The minimum Gasteiger partial charge on any atom is -0.394 e. The number of hydrogen-bond acceptors (Lipinski definition) is 5. The zero-order chi connectivity index (χ0) is 30.6. The van der Waals surface area contributed by atoms with Crippen LogP contribution in [0.4, 0.5) is 0 Å². The van der Waals surface area contributed by atoms with Crippen LogP contribution in [0.25, 0.3) is 0 Å². The van der Waals surface area contributed by atoms with E-state index in [1.54, 1.807) is 0 Å². The van der Waals surface area contributed by atoms with Crippen molar-refractivity contribution >= 4 is 20.8 Å². The van der Waals surface area contributed by atoms with Gasteiger partial charge in [-0.1, -0.05) is 177 Å². The topological polar surface area (TPSA) is 94.8 Å². The van der Waals surface area contributed by atoms with Gasteiger partial charge >= 0.3 is 0 Å². The van der Waals surface area contributed by atoms with Crippen LogP contribution in [0, 0.1) is 5.92 Å². The number of aliphatic hydroxyl groups is 3. The summed E-state index contributed by atoms with van der Waals surface area (Å²) in [5, 5.41) is 27.7. The molecule has 0 radical (unpaired) electrons. The van der Waals surface area contributed by atoms with Crippen molar-refractivity contribution in [2.75, 3.05) is 6.61 Å². The molecule has 244 valence electrons. The summed E-state index contributed by atoms with van der Waals surface area (Å²) in [4.78, 5) is 26.2. The molecule has 0 aliphatic carbocycles. The second-order valence-corrected chi connectivity index (χ2v) is 13.5. The molecule has 3 N–H and O–H groups in total. The predicted octanol–water partition coefficient (Wildman–Crippen LogP) is 9.23. The first kappa shape index (κ1) is 40.6. The fourth-order valence-corrected chi connectivity index (χ4v) is 6.01. The maximum Gasteiger partial charge on any atom is 0.181 e. The van der Waals surface area contributed by atoms with Crippen LogP contribution in [0.15, 0.2) is 0 Å². The quantitative estimate of drug-likeness (QED) is 0.0406. The zero-order valence-electron chi connectivity index (χ0n) is 27.2. The molecule has 0 aromatic carbocycles. The lowest BCUT2D eigenvalue weighted by Gasteiger charge is -2.29. The summed E-state index contributed by atoms with van der Waals surface area (Å²) in [5.41, 5.74) is 0. The standard InChI is InChI=1S/C35H69O5P/c1-3-5-7-9-11-13-15-16-17-19-20-22-24-26-28-31(34(39)35(40,41)33(38)30-36)32(37)29-27-25-23-21-18-14-12-10-8-6-4-2/h31,33,36,38,40H,3-30,41H2,1-2H3.